The van der Waals surface area contributed by atoms with Gasteiger partial charge >= 0.3 is 5.97 Å². The van der Waals surface area contributed by atoms with Crippen LogP contribution in [-0.4, -0.2) is 13.1 Å². The van der Waals surface area contributed by atoms with Gasteiger partial charge in [-0.05, 0) is 35.7 Å². The number of rotatable bonds is 3. The highest BCUT2D eigenvalue weighted by Crippen LogP contribution is 2.39. The van der Waals surface area contributed by atoms with Crippen molar-refractivity contribution in [1.82, 2.24) is 0 Å². The molecule has 0 saturated heterocycles. The van der Waals surface area contributed by atoms with Crippen molar-refractivity contribution >= 4 is 40.0 Å². The minimum absolute atomic E-state index is 0.272. The number of hydrogen-bond acceptors (Lipinski definition) is 5. The highest BCUT2D eigenvalue weighted by molar-refractivity contribution is 7.26. The highest BCUT2D eigenvalue weighted by atomic mass is 32.1. The van der Waals surface area contributed by atoms with Crippen molar-refractivity contribution in [3.8, 4) is 19.5 Å². The van der Waals surface area contributed by atoms with Crippen molar-refractivity contribution in [2.24, 2.45) is 0 Å². The zero-order valence-corrected chi connectivity index (χ0v) is 12.5. The van der Waals surface area contributed by atoms with E-state index in [9.17, 15) is 4.79 Å². The first-order valence-corrected chi connectivity index (χ1v) is 8.11. The predicted octanol–water partition coefficient (Wildman–Crippen LogP) is 4.99. The van der Waals surface area contributed by atoms with E-state index in [1.165, 1.54) is 33.1 Å². The number of hydrogen-bond donors (Lipinski definition) is 0. The second-order valence-electron chi connectivity index (χ2n) is 3.80. The van der Waals surface area contributed by atoms with Crippen molar-refractivity contribution in [2.45, 2.75) is 0 Å². The third-order valence-corrected chi connectivity index (χ3v) is 6.02. The predicted molar refractivity (Wildman–Crippen MR) is 82.3 cm³/mol. The minimum Gasteiger partial charge on any atom is -0.465 e. The summed E-state index contributed by atoms with van der Waals surface area (Å²) in [5.74, 6) is -0.272. The molecule has 0 fully saturated rings. The molecule has 3 heterocycles. The Morgan fingerprint density at radius 2 is 1.63 bits per heavy atom. The maximum Gasteiger partial charge on any atom is 0.348 e. The second kappa shape index (κ2) is 5.28. The number of esters is 1. The summed E-state index contributed by atoms with van der Waals surface area (Å²) >= 11 is 4.95. The van der Waals surface area contributed by atoms with Gasteiger partial charge in [-0.2, -0.15) is 0 Å². The Labute approximate surface area is 122 Å². The van der Waals surface area contributed by atoms with E-state index in [2.05, 4.69) is 29.6 Å². The highest BCUT2D eigenvalue weighted by Gasteiger charge is 2.12. The standard InChI is InChI=1S/C14H10O2S3/c1-16-14(15)13-7-6-12(19-13)11-5-4-10(18-11)9-3-2-8-17-9/h2-8H,1H3. The smallest absolute Gasteiger partial charge is 0.348 e. The molecule has 0 N–H and O–H groups in total. The molecule has 0 saturated carbocycles. The van der Waals surface area contributed by atoms with Crippen molar-refractivity contribution in [3.05, 3.63) is 46.7 Å². The summed E-state index contributed by atoms with van der Waals surface area (Å²) in [6.07, 6.45) is 0. The van der Waals surface area contributed by atoms with Crippen LogP contribution in [0.1, 0.15) is 9.67 Å². The molecule has 96 valence electrons. The van der Waals surface area contributed by atoms with Crippen LogP contribution >= 0.6 is 34.0 Å². The third kappa shape index (κ3) is 2.49. The van der Waals surface area contributed by atoms with Crippen LogP contribution in [0.5, 0.6) is 0 Å². The van der Waals surface area contributed by atoms with Gasteiger partial charge in [0.15, 0.2) is 0 Å². The largest absolute Gasteiger partial charge is 0.465 e. The fourth-order valence-electron chi connectivity index (χ4n) is 1.70. The molecule has 0 unspecified atom stereocenters. The van der Waals surface area contributed by atoms with Crippen LogP contribution in [-0.2, 0) is 4.74 Å². The molecular formula is C14H10O2S3. The quantitative estimate of drug-likeness (QED) is 0.637. The number of carbonyl (C=O) groups is 1. The molecular weight excluding hydrogens is 296 g/mol. The molecule has 3 aromatic rings. The van der Waals surface area contributed by atoms with E-state index in [1.807, 2.05) is 12.1 Å². The van der Waals surface area contributed by atoms with Crippen LogP contribution in [0.4, 0.5) is 0 Å². The molecule has 0 amide bonds. The van der Waals surface area contributed by atoms with Gasteiger partial charge in [0, 0.05) is 19.5 Å². The fourth-order valence-corrected chi connectivity index (χ4v) is 4.56. The van der Waals surface area contributed by atoms with Crippen LogP contribution in [0.25, 0.3) is 19.5 Å². The number of carbonyl (C=O) groups excluding carboxylic acids is 1. The van der Waals surface area contributed by atoms with Gasteiger partial charge in [0.05, 0.1) is 7.11 Å². The molecule has 0 aliphatic carbocycles. The summed E-state index contributed by atoms with van der Waals surface area (Å²) in [4.78, 5) is 16.9. The lowest BCUT2D eigenvalue weighted by molar-refractivity contribution is 0.0606. The second-order valence-corrected chi connectivity index (χ2v) is 6.91. The summed E-state index contributed by atoms with van der Waals surface area (Å²) in [7, 11) is 1.40. The average Bonchev–Trinajstić information content (AvgIpc) is 3.14. The van der Waals surface area contributed by atoms with Gasteiger partial charge in [0.25, 0.3) is 0 Å². The van der Waals surface area contributed by atoms with Crippen molar-refractivity contribution in [2.75, 3.05) is 7.11 Å². The number of methoxy groups -OCH3 is 1. The Bertz CT molecular complexity index is 692. The normalized spacial score (nSPS) is 10.6. The molecule has 0 radical (unpaired) electrons. The molecule has 2 nitrogen and oxygen atoms in total. The van der Waals surface area contributed by atoms with Crippen LogP contribution in [0.15, 0.2) is 41.8 Å². The van der Waals surface area contributed by atoms with E-state index in [0.717, 1.165) is 4.88 Å². The maximum absolute atomic E-state index is 11.4. The van der Waals surface area contributed by atoms with E-state index in [4.69, 9.17) is 4.74 Å². The molecule has 3 aromatic heterocycles. The summed E-state index contributed by atoms with van der Waals surface area (Å²) in [5, 5.41) is 2.08. The first-order chi connectivity index (χ1) is 9.28. The lowest BCUT2D eigenvalue weighted by Crippen LogP contribution is -1.96. The molecule has 0 aliphatic rings. The third-order valence-electron chi connectivity index (χ3n) is 2.61. The molecule has 0 spiro atoms. The van der Waals surface area contributed by atoms with Gasteiger partial charge in [-0.3, -0.25) is 0 Å². The van der Waals surface area contributed by atoms with Gasteiger partial charge < -0.3 is 4.74 Å². The SMILES string of the molecule is COC(=O)c1ccc(-c2ccc(-c3cccs3)s2)s1. The van der Waals surface area contributed by atoms with Crippen LogP contribution in [0, 0.1) is 0 Å². The number of ether oxygens (including phenoxy) is 1. The van der Waals surface area contributed by atoms with Gasteiger partial charge in [-0.15, -0.1) is 34.0 Å². The molecule has 0 aromatic carbocycles. The van der Waals surface area contributed by atoms with Crippen LogP contribution < -0.4 is 0 Å². The summed E-state index contributed by atoms with van der Waals surface area (Å²) in [6, 6.07) is 12.2. The van der Waals surface area contributed by atoms with Crippen molar-refractivity contribution in [3.63, 3.8) is 0 Å². The first-order valence-electron chi connectivity index (χ1n) is 5.60. The zero-order valence-electron chi connectivity index (χ0n) is 10.1. The van der Waals surface area contributed by atoms with E-state index in [0.29, 0.717) is 4.88 Å². The minimum atomic E-state index is -0.272. The monoisotopic (exact) mass is 306 g/mol. The van der Waals surface area contributed by atoms with Crippen LogP contribution in [0.2, 0.25) is 0 Å². The lowest BCUT2D eigenvalue weighted by atomic mass is 10.3. The van der Waals surface area contributed by atoms with E-state index in [-0.39, 0.29) is 5.97 Å². The topological polar surface area (TPSA) is 26.3 Å². The Hall–Kier alpha value is -1.43. The molecule has 5 heteroatoms. The van der Waals surface area contributed by atoms with E-state index < -0.39 is 0 Å². The number of thiophene rings is 3. The Morgan fingerprint density at radius 1 is 0.947 bits per heavy atom. The van der Waals surface area contributed by atoms with Crippen LogP contribution in [0.3, 0.4) is 0 Å². The van der Waals surface area contributed by atoms with Gasteiger partial charge in [-0.25, -0.2) is 4.79 Å². The van der Waals surface area contributed by atoms with E-state index >= 15 is 0 Å². The van der Waals surface area contributed by atoms with Crippen molar-refractivity contribution in [1.29, 1.82) is 0 Å². The maximum atomic E-state index is 11.4. The Kier molecular flexibility index (Phi) is 3.50. The summed E-state index contributed by atoms with van der Waals surface area (Å²) in [6.45, 7) is 0. The molecule has 0 atom stereocenters. The Morgan fingerprint density at radius 3 is 2.32 bits per heavy atom. The molecule has 0 aliphatic heterocycles. The van der Waals surface area contributed by atoms with Gasteiger partial charge in [0.2, 0.25) is 0 Å². The molecule has 3 rings (SSSR count). The van der Waals surface area contributed by atoms with Gasteiger partial charge in [-0.1, -0.05) is 6.07 Å². The Balaban J connectivity index is 1.91. The van der Waals surface area contributed by atoms with E-state index in [1.54, 1.807) is 22.7 Å². The molecule has 19 heavy (non-hydrogen) atoms. The summed E-state index contributed by atoms with van der Waals surface area (Å²) < 4.78 is 4.73. The lowest BCUT2D eigenvalue weighted by Gasteiger charge is -1.92. The summed E-state index contributed by atoms with van der Waals surface area (Å²) in [5.41, 5.74) is 0. The first kappa shape index (κ1) is 12.6. The molecule has 0 bridgehead atoms. The van der Waals surface area contributed by atoms with Gasteiger partial charge in [0.1, 0.15) is 4.88 Å². The average molecular weight is 306 g/mol. The zero-order chi connectivity index (χ0) is 13.2. The van der Waals surface area contributed by atoms with Crippen molar-refractivity contribution < 1.29 is 9.53 Å². The fraction of sp³-hybridized carbons (Fsp3) is 0.0714.